The Kier molecular flexibility index (Phi) is 3.87. The first kappa shape index (κ1) is 14.7. The van der Waals surface area contributed by atoms with Gasteiger partial charge in [0.1, 0.15) is 5.60 Å². The number of aromatic nitrogens is 1. The van der Waals surface area contributed by atoms with E-state index in [2.05, 4.69) is 15.9 Å². The lowest BCUT2D eigenvalue weighted by Gasteiger charge is -2.20. The second kappa shape index (κ2) is 5.00. The molecule has 0 aliphatic carbocycles. The molecule has 3 nitrogen and oxygen atoms in total. The van der Waals surface area contributed by atoms with Crippen LogP contribution in [-0.4, -0.2) is 16.3 Å². The number of ether oxygens (including phenoxy) is 1. The molecule has 1 heterocycles. The molecule has 0 N–H and O–H groups in total. The molecule has 0 aliphatic heterocycles. The van der Waals surface area contributed by atoms with Crippen LogP contribution in [0.3, 0.4) is 0 Å². The summed E-state index contributed by atoms with van der Waals surface area (Å²) in [5.74, 6) is 0. The van der Waals surface area contributed by atoms with Crippen LogP contribution in [0.15, 0.2) is 22.8 Å². The first-order valence-corrected chi connectivity index (χ1v) is 7.13. The molecule has 1 aromatic heterocycles. The van der Waals surface area contributed by atoms with Crippen molar-refractivity contribution >= 4 is 56.1 Å². The largest absolute Gasteiger partial charge is 0.443 e. The van der Waals surface area contributed by atoms with E-state index in [0.717, 1.165) is 5.39 Å². The lowest BCUT2D eigenvalue weighted by molar-refractivity contribution is 0.0544. The Hall–Kier alpha value is -0.710. The highest BCUT2D eigenvalue weighted by Gasteiger charge is 2.21. The maximum atomic E-state index is 12.1. The molecule has 1 aromatic carbocycles. The molecule has 0 unspecified atom stereocenters. The van der Waals surface area contributed by atoms with Gasteiger partial charge in [-0.25, -0.2) is 4.79 Å². The summed E-state index contributed by atoms with van der Waals surface area (Å²) in [6, 6.07) is 3.36. The van der Waals surface area contributed by atoms with Crippen molar-refractivity contribution in [1.82, 2.24) is 4.57 Å². The Morgan fingerprint density at radius 3 is 2.53 bits per heavy atom. The Morgan fingerprint density at radius 2 is 1.95 bits per heavy atom. The molecule has 0 aliphatic rings. The van der Waals surface area contributed by atoms with Gasteiger partial charge in [0.15, 0.2) is 0 Å². The number of rotatable bonds is 0. The third-order valence-corrected chi connectivity index (χ3v) is 4.07. The summed E-state index contributed by atoms with van der Waals surface area (Å²) < 4.78 is 7.42. The van der Waals surface area contributed by atoms with Gasteiger partial charge in [0.25, 0.3) is 0 Å². The zero-order chi connectivity index (χ0) is 14.4. The highest BCUT2D eigenvalue weighted by molar-refractivity contribution is 9.10. The molecule has 0 atom stereocenters. The number of fused-ring (bicyclic) bond motifs is 1. The second-order valence-electron chi connectivity index (χ2n) is 5.08. The zero-order valence-corrected chi connectivity index (χ0v) is 13.7. The highest BCUT2D eigenvalue weighted by Crippen LogP contribution is 2.37. The van der Waals surface area contributed by atoms with E-state index in [1.807, 2.05) is 20.8 Å². The summed E-state index contributed by atoms with van der Waals surface area (Å²) in [6.45, 7) is 5.43. The molecule has 6 heteroatoms. The van der Waals surface area contributed by atoms with E-state index in [0.29, 0.717) is 20.0 Å². The molecular formula is C13H12BrCl2NO2. The SMILES string of the molecule is CC(C)(C)OC(=O)n1ccc2c(Br)c(Cl)cc(Cl)c21. The molecule has 0 fully saturated rings. The third kappa shape index (κ3) is 2.91. The summed E-state index contributed by atoms with van der Waals surface area (Å²) >= 11 is 15.6. The smallest absolute Gasteiger partial charge is 0.419 e. The Bertz CT molecular complexity index is 659. The van der Waals surface area contributed by atoms with Crippen LogP contribution in [0.5, 0.6) is 0 Å². The van der Waals surface area contributed by atoms with Gasteiger partial charge >= 0.3 is 6.09 Å². The maximum Gasteiger partial charge on any atom is 0.419 e. The molecule has 0 bridgehead atoms. The van der Waals surface area contributed by atoms with E-state index in [-0.39, 0.29) is 0 Å². The predicted octanol–water partition coefficient (Wildman–Crippen LogP) is 5.49. The van der Waals surface area contributed by atoms with Gasteiger partial charge in [-0.1, -0.05) is 23.2 Å². The minimum Gasteiger partial charge on any atom is -0.443 e. The molecular weight excluding hydrogens is 353 g/mol. The molecule has 0 saturated heterocycles. The number of benzene rings is 1. The van der Waals surface area contributed by atoms with Gasteiger partial charge in [0, 0.05) is 16.1 Å². The van der Waals surface area contributed by atoms with Crippen molar-refractivity contribution in [1.29, 1.82) is 0 Å². The minimum atomic E-state index is -0.566. The lowest BCUT2D eigenvalue weighted by Crippen LogP contribution is -2.26. The van der Waals surface area contributed by atoms with Gasteiger partial charge in [-0.2, -0.15) is 0 Å². The fourth-order valence-electron chi connectivity index (χ4n) is 1.69. The highest BCUT2D eigenvalue weighted by atomic mass is 79.9. The quantitative estimate of drug-likeness (QED) is 0.578. The average Bonchev–Trinajstić information content (AvgIpc) is 2.68. The van der Waals surface area contributed by atoms with Crippen molar-refractivity contribution in [2.45, 2.75) is 26.4 Å². The first-order chi connectivity index (χ1) is 8.70. The van der Waals surface area contributed by atoms with E-state index < -0.39 is 11.7 Å². The fraction of sp³-hybridized carbons (Fsp3) is 0.308. The molecule has 0 radical (unpaired) electrons. The molecule has 2 aromatic rings. The fourth-order valence-corrected chi connectivity index (χ4v) is 2.69. The normalized spacial score (nSPS) is 11.9. The second-order valence-corrected chi connectivity index (χ2v) is 6.69. The van der Waals surface area contributed by atoms with Crippen LogP contribution in [0.1, 0.15) is 20.8 Å². The summed E-state index contributed by atoms with van der Waals surface area (Å²) in [7, 11) is 0. The Balaban J connectivity index is 2.58. The van der Waals surface area contributed by atoms with Crippen molar-refractivity contribution in [3.05, 3.63) is 32.8 Å². The van der Waals surface area contributed by atoms with Crippen LogP contribution in [0.25, 0.3) is 10.9 Å². The minimum absolute atomic E-state index is 0.402. The van der Waals surface area contributed by atoms with Gasteiger partial charge in [-0.05, 0) is 48.8 Å². The van der Waals surface area contributed by atoms with Crippen molar-refractivity contribution in [2.24, 2.45) is 0 Å². The van der Waals surface area contributed by atoms with Crippen LogP contribution >= 0.6 is 39.1 Å². The van der Waals surface area contributed by atoms with Crippen molar-refractivity contribution < 1.29 is 9.53 Å². The molecule has 0 spiro atoms. The lowest BCUT2D eigenvalue weighted by atomic mass is 10.2. The van der Waals surface area contributed by atoms with Gasteiger partial charge in [-0.3, -0.25) is 4.57 Å². The standard InChI is InChI=1S/C13H12BrCl2NO2/c1-13(2,3)19-12(18)17-5-4-7-10(14)8(15)6-9(16)11(7)17/h4-6H,1-3H3. The van der Waals surface area contributed by atoms with E-state index in [4.69, 9.17) is 27.9 Å². The molecule has 19 heavy (non-hydrogen) atoms. The van der Waals surface area contributed by atoms with Crippen LogP contribution in [0, 0.1) is 0 Å². The van der Waals surface area contributed by atoms with Crippen molar-refractivity contribution in [2.75, 3.05) is 0 Å². The predicted molar refractivity (Wildman–Crippen MR) is 81.3 cm³/mol. The van der Waals surface area contributed by atoms with E-state index >= 15 is 0 Å². The number of halogens is 3. The van der Waals surface area contributed by atoms with Crippen LogP contribution in [0.4, 0.5) is 4.79 Å². The maximum absolute atomic E-state index is 12.1. The average molecular weight is 365 g/mol. The monoisotopic (exact) mass is 363 g/mol. The van der Waals surface area contributed by atoms with Gasteiger partial charge in [-0.15, -0.1) is 0 Å². The van der Waals surface area contributed by atoms with E-state index in [9.17, 15) is 4.79 Å². The van der Waals surface area contributed by atoms with Crippen molar-refractivity contribution in [3.8, 4) is 0 Å². The van der Waals surface area contributed by atoms with Crippen molar-refractivity contribution in [3.63, 3.8) is 0 Å². The third-order valence-electron chi connectivity index (χ3n) is 2.40. The van der Waals surface area contributed by atoms with Crippen LogP contribution in [0.2, 0.25) is 10.0 Å². The Labute approximate surface area is 129 Å². The van der Waals surface area contributed by atoms with E-state index in [1.54, 1.807) is 18.3 Å². The summed E-state index contributed by atoms with van der Waals surface area (Å²) in [5, 5.41) is 1.67. The molecule has 102 valence electrons. The Morgan fingerprint density at radius 1 is 1.32 bits per heavy atom. The first-order valence-electron chi connectivity index (χ1n) is 5.58. The van der Waals surface area contributed by atoms with Crippen LogP contribution in [-0.2, 0) is 4.74 Å². The molecule has 2 rings (SSSR count). The number of nitrogens with zero attached hydrogens (tertiary/aromatic N) is 1. The van der Waals surface area contributed by atoms with E-state index in [1.165, 1.54) is 4.57 Å². The van der Waals surface area contributed by atoms with Gasteiger partial charge in [0.2, 0.25) is 0 Å². The number of carbonyl (C=O) groups excluding carboxylic acids is 1. The number of carbonyl (C=O) groups is 1. The molecule has 0 amide bonds. The summed E-state index contributed by atoms with van der Waals surface area (Å²) in [6.07, 6.45) is 1.14. The number of hydrogen-bond acceptors (Lipinski definition) is 2. The summed E-state index contributed by atoms with van der Waals surface area (Å²) in [4.78, 5) is 12.1. The molecule has 0 saturated carbocycles. The topological polar surface area (TPSA) is 31.2 Å². The zero-order valence-electron chi connectivity index (χ0n) is 10.6. The van der Waals surface area contributed by atoms with Crippen LogP contribution < -0.4 is 0 Å². The van der Waals surface area contributed by atoms with Gasteiger partial charge < -0.3 is 4.74 Å². The van der Waals surface area contributed by atoms with Gasteiger partial charge in [0.05, 0.1) is 15.6 Å². The number of hydrogen-bond donors (Lipinski definition) is 0. The summed E-state index contributed by atoms with van der Waals surface area (Å²) in [5.41, 5.74) is 0.0104.